The number of halogens is 2. The maximum atomic E-state index is 13.8. The van der Waals surface area contributed by atoms with Crippen molar-refractivity contribution in [2.75, 3.05) is 5.32 Å². The fourth-order valence-electron chi connectivity index (χ4n) is 2.28. The summed E-state index contributed by atoms with van der Waals surface area (Å²) in [4.78, 5) is 16.3. The molecule has 0 unspecified atom stereocenters. The van der Waals surface area contributed by atoms with E-state index < -0.39 is 11.6 Å². The van der Waals surface area contributed by atoms with Gasteiger partial charge in [0.2, 0.25) is 5.91 Å². The molecule has 3 nitrogen and oxygen atoms in total. The van der Waals surface area contributed by atoms with Crippen LogP contribution in [0.2, 0.25) is 0 Å². The molecule has 1 aromatic heterocycles. The summed E-state index contributed by atoms with van der Waals surface area (Å²) in [6.45, 7) is 1.94. The van der Waals surface area contributed by atoms with Crippen LogP contribution in [0, 0.1) is 18.6 Å². The zero-order valence-corrected chi connectivity index (χ0v) is 13.7. The molecule has 1 amide bonds. The van der Waals surface area contributed by atoms with Gasteiger partial charge < -0.3 is 5.32 Å². The largest absolute Gasteiger partial charge is 0.326 e. The Labute approximate surface area is 142 Å². The van der Waals surface area contributed by atoms with Crippen molar-refractivity contribution in [2.45, 2.75) is 13.3 Å². The molecule has 1 N–H and O–H groups in total. The van der Waals surface area contributed by atoms with Crippen molar-refractivity contribution in [1.82, 2.24) is 4.98 Å². The maximum absolute atomic E-state index is 13.8. The van der Waals surface area contributed by atoms with E-state index in [9.17, 15) is 13.6 Å². The van der Waals surface area contributed by atoms with Crippen LogP contribution in [0.4, 0.5) is 14.5 Å². The molecule has 122 valence electrons. The van der Waals surface area contributed by atoms with Crippen molar-refractivity contribution in [3.63, 3.8) is 0 Å². The number of nitrogens with zero attached hydrogens (tertiary/aromatic N) is 1. The van der Waals surface area contributed by atoms with E-state index in [4.69, 9.17) is 0 Å². The summed E-state index contributed by atoms with van der Waals surface area (Å²) >= 11 is 1.27. The average molecular weight is 344 g/mol. The molecule has 0 saturated carbocycles. The van der Waals surface area contributed by atoms with Crippen molar-refractivity contribution in [2.24, 2.45) is 0 Å². The number of nitrogens with one attached hydrogen (secondary N) is 1. The number of aryl methyl sites for hydroxylation is 1. The topological polar surface area (TPSA) is 42.0 Å². The molecule has 0 aliphatic heterocycles. The van der Waals surface area contributed by atoms with Crippen LogP contribution >= 0.6 is 11.3 Å². The SMILES string of the molecule is Cc1cccc(NC(=O)Cc2nc(-c3ccc(F)cc3F)cs2)c1. The minimum Gasteiger partial charge on any atom is -0.326 e. The molecule has 24 heavy (non-hydrogen) atoms. The molecule has 0 fully saturated rings. The molecule has 0 spiro atoms. The first kappa shape index (κ1) is 16.3. The van der Waals surface area contributed by atoms with Gasteiger partial charge in [0.25, 0.3) is 0 Å². The van der Waals surface area contributed by atoms with Gasteiger partial charge >= 0.3 is 0 Å². The highest BCUT2D eigenvalue weighted by Crippen LogP contribution is 2.25. The van der Waals surface area contributed by atoms with Crippen molar-refractivity contribution in [3.8, 4) is 11.3 Å². The molecule has 1 heterocycles. The molecular weight excluding hydrogens is 330 g/mol. The van der Waals surface area contributed by atoms with Crippen LogP contribution in [0.3, 0.4) is 0 Å². The molecule has 0 saturated heterocycles. The predicted octanol–water partition coefficient (Wildman–Crippen LogP) is 4.58. The Balaban J connectivity index is 1.70. The lowest BCUT2D eigenvalue weighted by Crippen LogP contribution is -2.14. The zero-order valence-electron chi connectivity index (χ0n) is 12.8. The van der Waals surface area contributed by atoms with Gasteiger partial charge in [0, 0.05) is 22.7 Å². The minimum atomic E-state index is -0.670. The number of benzene rings is 2. The Kier molecular flexibility index (Phi) is 4.66. The summed E-state index contributed by atoms with van der Waals surface area (Å²) in [5.41, 5.74) is 2.39. The Bertz CT molecular complexity index is 892. The lowest BCUT2D eigenvalue weighted by molar-refractivity contribution is -0.115. The lowest BCUT2D eigenvalue weighted by Gasteiger charge is -2.04. The van der Waals surface area contributed by atoms with Crippen molar-refractivity contribution >= 4 is 22.9 Å². The first-order valence-electron chi connectivity index (χ1n) is 7.27. The normalized spacial score (nSPS) is 10.6. The number of aromatic nitrogens is 1. The molecule has 0 aliphatic carbocycles. The monoisotopic (exact) mass is 344 g/mol. The van der Waals surface area contributed by atoms with Crippen LogP contribution in [-0.4, -0.2) is 10.9 Å². The minimum absolute atomic E-state index is 0.0986. The Morgan fingerprint density at radius 2 is 2.04 bits per heavy atom. The average Bonchev–Trinajstić information content (AvgIpc) is 2.95. The van der Waals surface area contributed by atoms with Crippen molar-refractivity contribution in [3.05, 3.63) is 70.1 Å². The third kappa shape index (κ3) is 3.83. The third-order valence-corrected chi connectivity index (χ3v) is 4.22. The van der Waals surface area contributed by atoms with Crippen molar-refractivity contribution in [1.29, 1.82) is 0 Å². The summed E-state index contributed by atoms with van der Waals surface area (Å²) in [6, 6.07) is 10.8. The van der Waals surface area contributed by atoms with Crippen LogP contribution in [0.25, 0.3) is 11.3 Å². The van der Waals surface area contributed by atoms with Gasteiger partial charge in [-0.2, -0.15) is 0 Å². The zero-order chi connectivity index (χ0) is 17.1. The number of carbonyl (C=O) groups excluding carboxylic acids is 1. The van der Waals surface area contributed by atoms with Gasteiger partial charge in [-0.1, -0.05) is 12.1 Å². The number of amides is 1. The standard InChI is InChI=1S/C18H14F2N2OS/c1-11-3-2-4-13(7-11)21-17(23)9-18-22-16(10-24-18)14-6-5-12(19)8-15(14)20/h2-8,10H,9H2,1H3,(H,21,23). The molecule has 0 radical (unpaired) electrons. The second kappa shape index (κ2) is 6.88. The molecular formula is C18H14F2N2OS. The molecule has 2 aromatic carbocycles. The fourth-order valence-corrected chi connectivity index (χ4v) is 3.07. The molecule has 3 aromatic rings. The first-order valence-corrected chi connectivity index (χ1v) is 8.15. The highest BCUT2D eigenvalue weighted by Gasteiger charge is 2.12. The fraction of sp³-hybridized carbons (Fsp3) is 0.111. The van der Waals surface area contributed by atoms with Crippen LogP contribution in [0.5, 0.6) is 0 Å². The lowest BCUT2D eigenvalue weighted by atomic mass is 10.1. The summed E-state index contributed by atoms with van der Waals surface area (Å²) in [5.74, 6) is -1.50. The number of thiazole rings is 1. The van der Waals surface area contributed by atoms with E-state index >= 15 is 0 Å². The predicted molar refractivity (Wildman–Crippen MR) is 91.0 cm³/mol. The van der Waals surface area contributed by atoms with Gasteiger partial charge in [-0.25, -0.2) is 13.8 Å². The smallest absolute Gasteiger partial charge is 0.231 e. The molecule has 0 atom stereocenters. The Hall–Kier alpha value is -2.60. The molecule has 6 heteroatoms. The van der Waals surface area contributed by atoms with E-state index in [0.717, 1.165) is 17.3 Å². The van der Waals surface area contributed by atoms with Gasteiger partial charge in [0.05, 0.1) is 12.1 Å². The van der Waals surface area contributed by atoms with Crippen LogP contribution in [-0.2, 0) is 11.2 Å². The first-order chi connectivity index (χ1) is 11.5. The quantitative estimate of drug-likeness (QED) is 0.753. The summed E-state index contributed by atoms with van der Waals surface area (Å²) in [6.07, 6.45) is 0.0986. The Morgan fingerprint density at radius 3 is 2.79 bits per heavy atom. The molecule has 0 aliphatic rings. The number of carbonyl (C=O) groups is 1. The van der Waals surface area contributed by atoms with Crippen molar-refractivity contribution < 1.29 is 13.6 Å². The van der Waals surface area contributed by atoms with E-state index in [1.54, 1.807) is 5.38 Å². The van der Waals surface area contributed by atoms with Gasteiger partial charge in [-0.15, -0.1) is 11.3 Å². The van der Waals surface area contributed by atoms with E-state index in [2.05, 4.69) is 10.3 Å². The Morgan fingerprint density at radius 1 is 1.21 bits per heavy atom. The van der Waals surface area contributed by atoms with Gasteiger partial charge in [0.15, 0.2) is 0 Å². The van der Waals surface area contributed by atoms with Gasteiger partial charge in [-0.05, 0) is 36.8 Å². The van der Waals surface area contributed by atoms with Crippen LogP contribution in [0.15, 0.2) is 47.8 Å². The summed E-state index contributed by atoms with van der Waals surface area (Å²) in [7, 11) is 0. The highest BCUT2D eigenvalue weighted by molar-refractivity contribution is 7.10. The summed E-state index contributed by atoms with van der Waals surface area (Å²) < 4.78 is 26.7. The number of hydrogen-bond donors (Lipinski definition) is 1. The van der Waals surface area contributed by atoms with E-state index in [-0.39, 0.29) is 17.9 Å². The van der Waals surface area contributed by atoms with E-state index in [0.29, 0.717) is 10.7 Å². The third-order valence-electron chi connectivity index (χ3n) is 3.37. The number of hydrogen-bond acceptors (Lipinski definition) is 3. The van der Waals surface area contributed by atoms with E-state index in [1.165, 1.54) is 23.5 Å². The molecule has 3 rings (SSSR count). The summed E-state index contributed by atoms with van der Waals surface area (Å²) in [5, 5.41) is 5.03. The van der Waals surface area contributed by atoms with Crippen LogP contribution in [0.1, 0.15) is 10.6 Å². The second-order valence-electron chi connectivity index (χ2n) is 5.35. The van der Waals surface area contributed by atoms with E-state index in [1.807, 2.05) is 31.2 Å². The number of anilines is 1. The highest BCUT2D eigenvalue weighted by atomic mass is 32.1. The van der Waals surface area contributed by atoms with Gasteiger partial charge in [0.1, 0.15) is 16.6 Å². The molecule has 0 bridgehead atoms. The van der Waals surface area contributed by atoms with Crippen LogP contribution < -0.4 is 5.32 Å². The van der Waals surface area contributed by atoms with Gasteiger partial charge in [-0.3, -0.25) is 4.79 Å². The number of rotatable bonds is 4. The second-order valence-corrected chi connectivity index (χ2v) is 6.29. The maximum Gasteiger partial charge on any atom is 0.231 e.